The van der Waals surface area contributed by atoms with Gasteiger partial charge in [-0.3, -0.25) is 19.3 Å². The molecule has 8 heteroatoms. The van der Waals surface area contributed by atoms with Crippen LogP contribution in [0.25, 0.3) is 5.76 Å². The van der Waals surface area contributed by atoms with Gasteiger partial charge in [0.2, 0.25) is 5.91 Å². The van der Waals surface area contributed by atoms with Crippen molar-refractivity contribution in [2.24, 2.45) is 0 Å². The molecule has 1 heterocycles. The average Bonchev–Trinajstić information content (AvgIpc) is 3.17. The Morgan fingerprint density at radius 1 is 1.03 bits per heavy atom. The maximum absolute atomic E-state index is 13.4. The Balaban J connectivity index is 1.83. The van der Waals surface area contributed by atoms with Crippen LogP contribution in [0.4, 0.5) is 11.4 Å². The maximum Gasteiger partial charge on any atom is 0.300 e. The van der Waals surface area contributed by atoms with E-state index in [-0.39, 0.29) is 17.2 Å². The number of benzene rings is 3. The highest BCUT2D eigenvalue weighted by Crippen LogP contribution is 2.43. The second kappa shape index (κ2) is 11.2. The Morgan fingerprint density at radius 3 is 2.29 bits per heavy atom. The lowest BCUT2D eigenvalue weighted by atomic mass is 9.94. The van der Waals surface area contributed by atoms with E-state index in [2.05, 4.69) is 5.32 Å². The van der Waals surface area contributed by atoms with E-state index in [1.807, 2.05) is 13.8 Å². The van der Waals surface area contributed by atoms with Crippen LogP contribution in [0.5, 0.6) is 11.5 Å². The largest absolute Gasteiger partial charge is 0.507 e. The van der Waals surface area contributed by atoms with Gasteiger partial charge in [-0.15, -0.1) is 0 Å². The third-order valence-corrected chi connectivity index (χ3v) is 6.25. The highest BCUT2D eigenvalue weighted by atomic mass is 16.5. The van der Waals surface area contributed by atoms with Crippen LogP contribution in [-0.2, 0) is 14.4 Å². The second-order valence-electron chi connectivity index (χ2n) is 9.00. The number of aliphatic hydroxyl groups excluding tert-OH is 1. The number of ether oxygens (including phenoxy) is 2. The lowest BCUT2D eigenvalue weighted by Crippen LogP contribution is -2.29. The fraction of sp³-hybridized carbons (Fsp3) is 0.233. The third-order valence-electron chi connectivity index (χ3n) is 6.25. The SMILES string of the molecule is CCCOc1ccc(/C(O)=C2/C(=O)C(=O)N(c3ccc(NC(C)=O)cc3)C2c2ccc(OC)cc2)cc1C. The Labute approximate surface area is 221 Å². The van der Waals surface area contributed by atoms with Gasteiger partial charge in [0, 0.05) is 23.9 Å². The van der Waals surface area contributed by atoms with E-state index in [4.69, 9.17) is 9.47 Å². The summed E-state index contributed by atoms with van der Waals surface area (Å²) in [5.74, 6) is -0.750. The Hall–Kier alpha value is -4.59. The Morgan fingerprint density at radius 2 is 1.71 bits per heavy atom. The lowest BCUT2D eigenvalue weighted by molar-refractivity contribution is -0.132. The molecular weight excluding hydrogens is 484 g/mol. The molecule has 3 aromatic carbocycles. The molecule has 4 rings (SSSR count). The number of ketones is 1. The van der Waals surface area contributed by atoms with E-state index in [0.717, 1.165) is 12.0 Å². The molecule has 1 unspecified atom stereocenters. The molecule has 8 nitrogen and oxygen atoms in total. The van der Waals surface area contributed by atoms with Gasteiger partial charge >= 0.3 is 0 Å². The molecule has 0 aromatic heterocycles. The van der Waals surface area contributed by atoms with Crippen LogP contribution in [0.1, 0.15) is 43.0 Å². The van der Waals surface area contributed by atoms with Crippen LogP contribution in [0.15, 0.2) is 72.3 Å². The van der Waals surface area contributed by atoms with Gasteiger partial charge in [0.05, 0.1) is 25.3 Å². The van der Waals surface area contributed by atoms with E-state index in [1.165, 1.54) is 11.8 Å². The number of hydrogen-bond donors (Lipinski definition) is 2. The topological polar surface area (TPSA) is 105 Å². The van der Waals surface area contributed by atoms with Crippen LogP contribution in [0.3, 0.4) is 0 Å². The summed E-state index contributed by atoms with van der Waals surface area (Å²) in [5.41, 5.74) is 2.81. The van der Waals surface area contributed by atoms with Gasteiger partial charge in [0.15, 0.2) is 0 Å². The van der Waals surface area contributed by atoms with Gasteiger partial charge in [-0.1, -0.05) is 19.1 Å². The number of nitrogens with zero attached hydrogens (tertiary/aromatic N) is 1. The van der Waals surface area contributed by atoms with Crippen molar-refractivity contribution in [1.82, 2.24) is 0 Å². The summed E-state index contributed by atoms with van der Waals surface area (Å²) in [7, 11) is 1.55. The van der Waals surface area contributed by atoms with Gasteiger partial charge in [-0.25, -0.2) is 0 Å². The molecule has 0 bridgehead atoms. The van der Waals surface area contributed by atoms with Gasteiger partial charge in [-0.2, -0.15) is 0 Å². The molecule has 196 valence electrons. The number of methoxy groups -OCH3 is 1. The van der Waals surface area contributed by atoms with Crippen LogP contribution < -0.4 is 19.7 Å². The predicted molar refractivity (Wildman–Crippen MR) is 145 cm³/mol. The first-order valence-corrected chi connectivity index (χ1v) is 12.3. The molecule has 1 aliphatic rings. The zero-order valence-corrected chi connectivity index (χ0v) is 21.8. The molecule has 38 heavy (non-hydrogen) atoms. The van der Waals surface area contributed by atoms with Crippen molar-refractivity contribution in [3.8, 4) is 11.5 Å². The fourth-order valence-electron chi connectivity index (χ4n) is 4.44. The standard InChI is InChI=1S/C30H30N2O6/c1-5-16-38-25-15-8-21(17-18(25)2)28(34)26-27(20-6-13-24(37-4)14-7-20)32(30(36)29(26)35)23-11-9-22(10-12-23)31-19(3)33/h6-15,17,27,34H,5,16H2,1-4H3,(H,31,33)/b28-26-. The summed E-state index contributed by atoms with van der Waals surface area (Å²) in [6.07, 6.45) is 0.859. The fourth-order valence-corrected chi connectivity index (χ4v) is 4.44. The van der Waals surface area contributed by atoms with Crippen LogP contribution in [-0.4, -0.2) is 36.4 Å². The van der Waals surface area contributed by atoms with Crippen molar-refractivity contribution in [3.05, 3.63) is 89.0 Å². The molecule has 1 atom stereocenters. The molecule has 3 aromatic rings. The first-order chi connectivity index (χ1) is 18.2. The van der Waals surface area contributed by atoms with E-state index in [9.17, 15) is 19.5 Å². The highest BCUT2D eigenvalue weighted by Gasteiger charge is 2.47. The van der Waals surface area contributed by atoms with Crippen LogP contribution >= 0.6 is 0 Å². The summed E-state index contributed by atoms with van der Waals surface area (Å²) < 4.78 is 11.0. The number of rotatable bonds is 8. The molecule has 1 fully saturated rings. The minimum atomic E-state index is -0.885. The van der Waals surface area contributed by atoms with Crippen LogP contribution in [0.2, 0.25) is 0 Å². The van der Waals surface area contributed by atoms with E-state index in [1.54, 1.807) is 73.8 Å². The number of aliphatic hydroxyl groups is 1. The van der Waals surface area contributed by atoms with Gasteiger partial charge in [0.1, 0.15) is 17.3 Å². The number of amides is 2. The summed E-state index contributed by atoms with van der Waals surface area (Å²) in [4.78, 5) is 39.6. The maximum atomic E-state index is 13.4. The predicted octanol–water partition coefficient (Wildman–Crippen LogP) is 5.38. The van der Waals surface area contributed by atoms with Crippen molar-refractivity contribution in [2.45, 2.75) is 33.2 Å². The van der Waals surface area contributed by atoms with Crippen molar-refractivity contribution < 1.29 is 29.0 Å². The van der Waals surface area contributed by atoms with E-state index >= 15 is 0 Å². The summed E-state index contributed by atoms with van der Waals surface area (Å²) >= 11 is 0. The Bertz CT molecular complexity index is 1390. The number of aryl methyl sites for hydroxylation is 1. The van der Waals surface area contributed by atoms with Gasteiger partial charge in [-0.05, 0) is 79.1 Å². The summed E-state index contributed by atoms with van der Waals surface area (Å²) in [6.45, 7) is 5.84. The first kappa shape index (κ1) is 26.5. The number of Topliss-reactive ketones (excluding diaryl/α,β-unsaturated/α-hetero) is 1. The second-order valence-corrected chi connectivity index (χ2v) is 9.00. The monoisotopic (exact) mass is 514 g/mol. The smallest absolute Gasteiger partial charge is 0.300 e. The number of carbonyl (C=O) groups is 3. The zero-order chi connectivity index (χ0) is 27.4. The third kappa shape index (κ3) is 5.25. The minimum Gasteiger partial charge on any atom is -0.507 e. The van der Waals surface area contributed by atoms with Crippen molar-refractivity contribution in [3.63, 3.8) is 0 Å². The van der Waals surface area contributed by atoms with E-state index in [0.29, 0.717) is 40.6 Å². The molecule has 0 saturated carbocycles. The minimum absolute atomic E-state index is 0.0206. The van der Waals surface area contributed by atoms with Gasteiger partial charge < -0.3 is 19.9 Å². The summed E-state index contributed by atoms with van der Waals surface area (Å²) in [5, 5.41) is 14.1. The van der Waals surface area contributed by atoms with Crippen LogP contribution in [0, 0.1) is 6.92 Å². The molecule has 2 N–H and O–H groups in total. The average molecular weight is 515 g/mol. The molecule has 2 amide bonds. The molecule has 0 radical (unpaired) electrons. The normalized spacial score (nSPS) is 16.4. The Kier molecular flexibility index (Phi) is 7.81. The zero-order valence-electron chi connectivity index (χ0n) is 21.8. The number of nitrogens with one attached hydrogen (secondary N) is 1. The molecule has 0 aliphatic carbocycles. The lowest BCUT2D eigenvalue weighted by Gasteiger charge is -2.26. The highest BCUT2D eigenvalue weighted by molar-refractivity contribution is 6.51. The molecule has 1 aliphatic heterocycles. The number of anilines is 2. The summed E-state index contributed by atoms with van der Waals surface area (Å²) in [6, 6.07) is 17.9. The van der Waals surface area contributed by atoms with Crippen molar-refractivity contribution in [2.75, 3.05) is 23.9 Å². The van der Waals surface area contributed by atoms with E-state index < -0.39 is 17.7 Å². The number of carbonyl (C=O) groups excluding carboxylic acids is 3. The molecular formula is C30H30N2O6. The quantitative estimate of drug-likeness (QED) is 0.238. The van der Waals surface area contributed by atoms with Crippen molar-refractivity contribution >= 4 is 34.7 Å². The van der Waals surface area contributed by atoms with Crippen molar-refractivity contribution in [1.29, 1.82) is 0 Å². The molecule has 1 saturated heterocycles. The molecule has 0 spiro atoms. The van der Waals surface area contributed by atoms with Gasteiger partial charge in [0.25, 0.3) is 11.7 Å². The first-order valence-electron chi connectivity index (χ1n) is 12.3. The number of hydrogen-bond acceptors (Lipinski definition) is 6.